The first-order valence-corrected chi connectivity index (χ1v) is 11.0. The number of rotatable bonds is 5. The maximum atomic E-state index is 13.8. The van der Waals surface area contributed by atoms with E-state index in [1.807, 2.05) is 0 Å². The number of fused-ring (bicyclic) bond motifs is 1. The quantitative estimate of drug-likeness (QED) is 0.412. The molecule has 0 saturated carbocycles. The molecule has 2 aromatic heterocycles. The molecule has 3 aromatic rings. The molecule has 1 amide bonds. The number of halogens is 5. The molecule has 1 aromatic carbocycles. The van der Waals surface area contributed by atoms with Crippen molar-refractivity contribution in [2.45, 2.75) is 31.2 Å². The van der Waals surface area contributed by atoms with Crippen LogP contribution in [0.3, 0.4) is 0 Å². The molecule has 4 rings (SSSR count). The highest BCUT2D eigenvalue weighted by Gasteiger charge is 2.48. The average Bonchev–Trinajstić information content (AvgIpc) is 3.34. The highest BCUT2D eigenvalue weighted by molar-refractivity contribution is 9.10. The van der Waals surface area contributed by atoms with Crippen molar-refractivity contribution in [3.05, 3.63) is 62.6 Å². The zero-order chi connectivity index (χ0) is 23.0. The number of nitrogens with one attached hydrogen (secondary N) is 2. The topological polar surface area (TPSA) is 81.3 Å². The van der Waals surface area contributed by atoms with Gasteiger partial charge in [0.2, 0.25) is 0 Å². The Morgan fingerprint density at radius 2 is 2.00 bits per heavy atom. The second kappa shape index (κ2) is 8.81. The number of aromatic nitrogens is 2. The number of ether oxygens (including phenoxy) is 1. The number of nitrogens with zero attached hydrogens (tertiary/aromatic N) is 2. The van der Waals surface area contributed by atoms with E-state index >= 15 is 0 Å². The number of hydrogen-bond acceptors (Lipinski definition) is 5. The number of hydrogen-bond donors (Lipinski definition) is 2. The van der Waals surface area contributed by atoms with Crippen molar-refractivity contribution < 1.29 is 27.1 Å². The van der Waals surface area contributed by atoms with E-state index in [4.69, 9.17) is 9.15 Å². The fraction of sp³-hybridized carbons (Fsp3) is 0.300. The van der Waals surface area contributed by atoms with Crippen LogP contribution >= 0.6 is 31.9 Å². The molecule has 0 saturated heterocycles. The summed E-state index contributed by atoms with van der Waals surface area (Å²) in [5.41, 5.74) is 0.658. The minimum atomic E-state index is -4.57. The molecule has 0 unspecified atom stereocenters. The van der Waals surface area contributed by atoms with Gasteiger partial charge in [-0.15, -0.1) is 0 Å². The van der Waals surface area contributed by atoms with Crippen LogP contribution in [0.15, 0.2) is 50.0 Å². The van der Waals surface area contributed by atoms with E-state index in [2.05, 4.69) is 47.6 Å². The van der Waals surface area contributed by atoms with E-state index in [1.54, 1.807) is 43.5 Å². The van der Waals surface area contributed by atoms with Crippen molar-refractivity contribution in [1.82, 2.24) is 15.1 Å². The number of carbonyl (C=O) groups excluding carboxylic acids is 1. The highest BCUT2D eigenvalue weighted by atomic mass is 79.9. The first kappa shape index (κ1) is 22.7. The molecule has 0 fully saturated rings. The largest absolute Gasteiger partial charge is 0.497 e. The summed E-state index contributed by atoms with van der Waals surface area (Å²) in [5, 5.41) is 9.67. The zero-order valence-corrected chi connectivity index (χ0v) is 19.7. The molecule has 3 heterocycles. The van der Waals surface area contributed by atoms with Crippen molar-refractivity contribution in [1.29, 1.82) is 0 Å². The third-order valence-corrected chi connectivity index (χ3v) is 6.24. The number of anilines is 1. The first-order valence-electron chi connectivity index (χ1n) is 9.45. The third kappa shape index (κ3) is 4.51. The molecular weight excluding hydrogens is 561 g/mol. The standard InChI is InChI=1S/C20H17Br2F3N4O3/c1-31-11-4-2-10(3-5-11)9-26-19(30)17-16(22)18-27-12(13-6-7-15(21)32-13)8-14(20(23,24)25)29(18)28-17/h2-7,12,14,27H,8-9H2,1H3,(H,26,30)/t12-,14+/m0/s1. The Morgan fingerprint density at radius 1 is 1.28 bits per heavy atom. The van der Waals surface area contributed by atoms with Gasteiger partial charge in [0, 0.05) is 13.0 Å². The van der Waals surface area contributed by atoms with E-state index in [0.29, 0.717) is 16.2 Å². The Balaban J connectivity index is 1.59. The molecule has 7 nitrogen and oxygen atoms in total. The number of furan rings is 1. The van der Waals surface area contributed by atoms with Gasteiger partial charge in [-0.25, -0.2) is 4.68 Å². The lowest BCUT2D eigenvalue weighted by Crippen LogP contribution is -2.35. The molecule has 1 aliphatic heterocycles. The Bertz CT molecular complexity index is 1130. The molecule has 0 spiro atoms. The second-order valence-corrected chi connectivity index (χ2v) is 8.69. The fourth-order valence-corrected chi connectivity index (χ4v) is 4.32. The number of methoxy groups -OCH3 is 1. The molecule has 0 bridgehead atoms. The molecule has 2 N–H and O–H groups in total. The first-order chi connectivity index (χ1) is 15.2. The van der Waals surface area contributed by atoms with E-state index < -0.39 is 24.2 Å². The fourth-order valence-electron chi connectivity index (χ4n) is 3.45. The van der Waals surface area contributed by atoms with Crippen LogP contribution < -0.4 is 15.4 Å². The smallest absolute Gasteiger partial charge is 0.410 e. The number of benzene rings is 1. The summed E-state index contributed by atoms with van der Waals surface area (Å²) in [5.74, 6) is 0.475. The summed E-state index contributed by atoms with van der Waals surface area (Å²) in [6, 6.07) is 7.58. The molecule has 170 valence electrons. The van der Waals surface area contributed by atoms with Crippen LogP contribution in [0.4, 0.5) is 19.0 Å². The van der Waals surface area contributed by atoms with Crippen LogP contribution in [0, 0.1) is 0 Å². The van der Waals surface area contributed by atoms with Crippen LogP contribution in [0.1, 0.15) is 40.3 Å². The van der Waals surface area contributed by atoms with Crippen molar-refractivity contribution >= 4 is 43.6 Å². The Morgan fingerprint density at radius 3 is 2.59 bits per heavy atom. The molecular formula is C20H17Br2F3N4O3. The average molecular weight is 578 g/mol. The normalized spacial score (nSPS) is 18.1. The van der Waals surface area contributed by atoms with Gasteiger partial charge in [-0.3, -0.25) is 4.79 Å². The lowest BCUT2D eigenvalue weighted by Gasteiger charge is -2.32. The van der Waals surface area contributed by atoms with Crippen molar-refractivity contribution in [2.24, 2.45) is 0 Å². The highest BCUT2D eigenvalue weighted by Crippen LogP contribution is 2.46. The molecule has 2 atom stereocenters. The minimum Gasteiger partial charge on any atom is -0.497 e. The monoisotopic (exact) mass is 576 g/mol. The summed E-state index contributed by atoms with van der Waals surface area (Å²) in [7, 11) is 1.55. The Kier molecular flexibility index (Phi) is 6.26. The van der Waals surface area contributed by atoms with Crippen LogP contribution in [0.2, 0.25) is 0 Å². The number of carbonyl (C=O) groups is 1. The Labute approximate surface area is 197 Å². The predicted octanol–water partition coefficient (Wildman–Crippen LogP) is 5.60. The maximum absolute atomic E-state index is 13.8. The summed E-state index contributed by atoms with van der Waals surface area (Å²) < 4.78 is 53.4. The third-order valence-electron chi connectivity index (χ3n) is 5.06. The second-order valence-electron chi connectivity index (χ2n) is 7.12. The number of alkyl halides is 3. The van der Waals surface area contributed by atoms with E-state index in [-0.39, 0.29) is 29.0 Å². The van der Waals surface area contributed by atoms with Gasteiger partial charge >= 0.3 is 6.18 Å². The molecule has 32 heavy (non-hydrogen) atoms. The van der Waals surface area contributed by atoms with Gasteiger partial charge in [0.25, 0.3) is 5.91 Å². The van der Waals surface area contributed by atoms with Gasteiger partial charge in [-0.05, 0) is 61.7 Å². The van der Waals surface area contributed by atoms with Crippen LogP contribution in [0.5, 0.6) is 5.75 Å². The lowest BCUT2D eigenvalue weighted by molar-refractivity contribution is -0.174. The summed E-state index contributed by atoms with van der Waals surface area (Å²) >= 11 is 6.42. The van der Waals surface area contributed by atoms with Crippen LogP contribution in [0.25, 0.3) is 0 Å². The molecule has 1 aliphatic rings. The zero-order valence-electron chi connectivity index (χ0n) is 16.5. The van der Waals surface area contributed by atoms with Crippen LogP contribution in [-0.4, -0.2) is 29.0 Å². The SMILES string of the molecule is COc1ccc(CNC(=O)c2nn3c(c2Br)N[C@H](c2ccc(Br)o2)C[C@@H]3C(F)(F)F)cc1. The lowest BCUT2D eigenvalue weighted by atomic mass is 10.0. The summed E-state index contributed by atoms with van der Waals surface area (Å²) in [6.45, 7) is 0.177. The van der Waals surface area contributed by atoms with Gasteiger partial charge in [-0.1, -0.05) is 12.1 Å². The molecule has 12 heteroatoms. The number of amides is 1. The van der Waals surface area contributed by atoms with Gasteiger partial charge in [0.15, 0.2) is 16.4 Å². The molecule has 0 radical (unpaired) electrons. The Hall–Kier alpha value is -2.47. The van der Waals surface area contributed by atoms with E-state index in [0.717, 1.165) is 10.2 Å². The van der Waals surface area contributed by atoms with Crippen molar-refractivity contribution in [2.75, 3.05) is 12.4 Å². The predicted molar refractivity (Wildman–Crippen MR) is 117 cm³/mol. The van der Waals surface area contributed by atoms with Gasteiger partial charge in [-0.2, -0.15) is 18.3 Å². The van der Waals surface area contributed by atoms with Crippen molar-refractivity contribution in [3.63, 3.8) is 0 Å². The van der Waals surface area contributed by atoms with Gasteiger partial charge in [0.1, 0.15) is 17.3 Å². The van der Waals surface area contributed by atoms with E-state index in [1.165, 1.54) is 0 Å². The summed E-state index contributed by atoms with van der Waals surface area (Å²) in [6.07, 6.45) is -4.90. The van der Waals surface area contributed by atoms with Crippen molar-refractivity contribution in [3.8, 4) is 5.75 Å². The summed E-state index contributed by atoms with van der Waals surface area (Å²) in [4.78, 5) is 12.7. The van der Waals surface area contributed by atoms with Gasteiger partial charge in [0.05, 0.1) is 17.6 Å². The molecule has 0 aliphatic carbocycles. The van der Waals surface area contributed by atoms with E-state index in [9.17, 15) is 18.0 Å². The maximum Gasteiger partial charge on any atom is 0.410 e. The minimum absolute atomic E-state index is 0.0608. The van der Waals surface area contributed by atoms with Gasteiger partial charge < -0.3 is 19.8 Å². The van der Waals surface area contributed by atoms with Crippen LogP contribution in [-0.2, 0) is 6.54 Å².